The predicted molar refractivity (Wildman–Crippen MR) is 93.9 cm³/mol. The third-order valence-corrected chi connectivity index (χ3v) is 5.00. The summed E-state index contributed by atoms with van der Waals surface area (Å²) in [6, 6.07) is -1.69. The van der Waals surface area contributed by atoms with E-state index in [9.17, 15) is 19.2 Å². The van der Waals surface area contributed by atoms with E-state index in [0.29, 0.717) is 31.5 Å². The monoisotopic (exact) mass is 376 g/mol. The first-order valence-corrected chi connectivity index (χ1v) is 9.10. The summed E-state index contributed by atoms with van der Waals surface area (Å²) in [6.45, 7) is 0.520. The topological polar surface area (TPSA) is 150 Å². The van der Waals surface area contributed by atoms with Crippen LogP contribution in [-0.2, 0) is 25.6 Å². The molecule has 27 heavy (non-hydrogen) atoms. The van der Waals surface area contributed by atoms with Gasteiger partial charge in [-0.3, -0.25) is 19.2 Å². The quantitative estimate of drug-likeness (QED) is 0.461. The van der Waals surface area contributed by atoms with Gasteiger partial charge in [0.2, 0.25) is 23.6 Å². The second-order valence-corrected chi connectivity index (χ2v) is 7.00. The van der Waals surface area contributed by atoms with Gasteiger partial charge in [-0.25, -0.2) is 4.98 Å². The molecule has 4 amide bonds. The number of H-pyrrole nitrogens is 1. The Hall–Kier alpha value is -2.91. The van der Waals surface area contributed by atoms with Gasteiger partial charge in [-0.15, -0.1) is 0 Å². The number of nitrogens with zero attached hydrogens (tertiary/aromatic N) is 2. The highest BCUT2D eigenvalue weighted by molar-refractivity contribution is 5.94. The Kier molecular flexibility index (Phi) is 5.72. The van der Waals surface area contributed by atoms with Crippen molar-refractivity contribution in [2.24, 2.45) is 5.73 Å². The molecule has 10 heteroatoms. The second-order valence-electron chi connectivity index (χ2n) is 7.00. The van der Waals surface area contributed by atoms with E-state index < -0.39 is 18.0 Å². The number of hydrogen-bond acceptors (Lipinski definition) is 5. The molecule has 0 unspecified atom stereocenters. The molecule has 0 spiro atoms. The summed E-state index contributed by atoms with van der Waals surface area (Å²) in [5.74, 6) is -1.27. The molecule has 1 aromatic rings. The van der Waals surface area contributed by atoms with Crippen molar-refractivity contribution in [2.75, 3.05) is 6.54 Å². The van der Waals surface area contributed by atoms with E-state index in [-0.39, 0.29) is 36.6 Å². The molecule has 2 fully saturated rings. The maximum atomic E-state index is 13.1. The van der Waals surface area contributed by atoms with Crippen LogP contribution in [0, 0.1) is 0 Å². The molecule has 0 aliphatic carbocycles. The Labute approximate surface area is 156 Å². The first-order chi connectivity index (χ1) is 12.9. The Bertz CT molecular complexity index is 719. The molecule has 2 aliphatic heterocycles. The van der Waals surface area contributed by atoms with Gasteiger partial charge in [-0.1, -0.05) is 0 Å². The molecule has 0 saturated carbocycles. The molecule has 146 valence electrons. The second kappa shape index (κ2) is 8.19. The number of nitrogens with two attached hydrogens (primary N) is 1. The number of likely N-dealkylation sites (tertiary alicyclic amines) is 1. The number of hydrogen-bond donors (Lipinski definition) is 4. The summed E-state index contributed by atoms with van der Waals surface area (Å²) in [6.07, 6.45) is 5.63. The SMILES string of the molecule is NC(=O)C[C@@H]1CCCN1C(=O)[C@H](Cc1cnc[nH]1)NC(=O)[C@@H]1CCC(=O)N1. The Morgan fingerprint density at radius 3 is 2.81 bits per heavy atom. The Morgan fingerprint density at radius 1 is 1.37 bits per heavy atom. The maximum Gasteiger partial charge on any atom is 0.245 e. The van der Waals surface area contributed by atoms with Gasteiger partial charge in [0, 0.05) is 43.7 Å². The average molecular weight is 376 g/mol. The minimum atomic E-state index is -0.816. The van der Waals surface area contributed by atoms with Gasteiger partial charge in [0.05, 0.1) is 6.33 Å². The predicted octanol–water partition coefficient (Wildman–Crippen LogP) is -1.42. The first-order valence-electron chi connectivity index (χ1n) is 9.10. The van der Waals surface area contributed by atoms with Crippen molar-refractivity contribution < 1.29 is 19.2 Å². The fraction of sp³-hybridized carbons (Fsp3) is 0.588. The molecule has 2 saturated heterocycles. The van der Waals surface area contributed by atoms with Crippen molar-refractivity contribution in [3.05, 3.63) is 18.2 Å². The van der Waals surface area contributed by atoms with Gasteiger partial charge < -0.3 is 26.3 Å². The minimum absolute atomic E-state index is 0.106. The number of aromatic amines is 1. The zero-order valence-corrected chi connectivity index (χ0v) is 14.9. The van der Waals surface area contributed by atoms with Crippen molar-refractivity contribution in [3.63, 3.8) is 0 Å². The molecular formula is C17H24N6O4. The summed E-state index contributed by atoms with van der Waals surface area (Å²) in [5, 5.41) is 5.36. The van der Waals surface area contributed by atoms with Gasteiger partial charge in [0.25, 0.3) is 0 Å². The van der Waals surface area contributed by atoms with Crippen molar-refractivity contribution in [3.8, 4) is 0 Å². The van der Waals surface area contributed by atoms with Crippen LogP contribution in [0.25, 0.3) is 0 Å². The summed E-state index contributed by atoms with van der Waals surface area (Å²) < 4.78 is 0. The van der Waals surface area contributed by atoms with E-state index in [0.717, 1.165) is 6.42 Å². The summed E-state index contributed by atoms with van der Waals surface area (Å²) in [4.78, 5) is 56.8. The molecule has 1 aromatic heterocycles. The Morgan fingerprint density at radius 2 is 2.19 bits per heavy atom. The van der Waals surface area contributed by atoms with Crippen LogP contribution in [0.5, 0.6) is 0 Å². The van der Waals surface area contributed by atoms with Crippen LogP contribution in [0.3, 0.4) is 0 Å². The summed E-state index contributed by atoms with van der Waals surface area (Å²) in [5.41, 5.74) is 6.00. The molecule has 3 heterocycles. The smallest absolute Gasteiger partial charge is 0.245 e. The van der Waals surface area contributed by atoms with Crippen molar-refractivity contribution >= 4 is 23.6 Å². The standard InChI is InChI=1S/C17H24N6O4/c18-14(24)7-11-2-1-5-23(11)17(27)13(6-10-8-19-9-20-10)22-16(26)12-3-4-15(25)21-12/h8-9,11-13H,1-7H2,(H2,18,24)(H,19,20)(H,21,25)(H,22,26)/t11-,12-,13-/m0/s1. The van der Waals surface area contributed by atoms with Crippen molar-refractivity contribution in [1.82, 2.24) is 25.5 Å². The maximum absolute atomic E-state index is 13.1. The van der Waals surface area contributed by atoms with Crippen LogP contribution in [0.4, 0.5) is 0 Å². The van der Waals surface area contributed by atoms with Crippen LogP contribution >= 0.6 is 0 Å². The Balaban J connectivity index is 1.72. The molecule has 3 rings (SSSR count). The van der Waals surface area contributed by atoms with Gasteiger partial charge in [0.1, 0.15) is 12.1 Å². The van der Waals surface area contributed by atoms with Crippen LogP contribution in [0.15, 0.2) is 12.5 Å². The third kappa shape index (κ3) is 4.63. The van der Waals surface area contributed by atoms with Gasteiger partial charge in [-0.2, -0.15) is 0 Å². The van der Waals surface area contributed by atoms with Crippen LogP contribution in [-0.4, -0.2) is 63.2 Å². The van der Waals surface area contributed by atoms with E-state index in [1.807, 2.05) is 0 Å². The molecule has 3 atom stereocenters. The van der Waals surface area contributed by atoms with Gasteiger partial charge in [-0.05, 0) is 19.3 Å². The number of primary amides is 1. The number of imidazole rings is 1. The first kappa shape index (κ1) is 18.9. The lowest BCUT2D eigenvalue weighted by molar-refractivity contribution is -0.138. The normalized spacial score (nSPS) is 23.1. The average Bonchev–Trinajstić information content (AvgIpc) is 3.35. The molecule has 0 aromatic carbocycles. The lowest BCUT2D eigenvalue weighted by Crippen LogP contribution is -2.54. The largest absolute Gasteiger partial charge is 0.370 e. The van der Waals surface area contributed by atoms with Crippen LogP contribution in [0.1, 0.15) is 37.8 Å². The van der Waals surface area contributed by atoms with Crippen molar-refractivity contribution in [2.45, 2.75) is 56.7 Å². The summed E-state index contributed by atoms with van der Waals surface area (Å²) >= 11 is 0. The van der Waals surface area contributed by atoms with Gasteiger partial charge in [0.15, 0.2) is 0 Å². The lowest BCUT2D eigenvalue weighted by Gasteiger charge is -2.29. The fourth-order valence-electron chi connectivity index (χ4n) is 3.67. The van der Waals surface area contributed by atoms with Crippen LogP contribution < -0.4 is 16.4 Å². The molecule has 0 radical (unpaired) electrons. The zero-order chi connectivity index (χ0) is 19.4. The number of amides is 4. The number of carbonyl (C=O) groups is 4. The molecule has 2 aliphatic rings. The molecular weight excluding hydrogens is 352 g/mol. The van der Waals surface area contributed by atoms with Crippen molar-refractivity contribution in [1.29, 1.82) is 0 Å². The molecule has 5 N–H and O–H groups in total. The number of aromatic nitrogens is 2. The number of rotatable bonds is 7. The fourth-order valence-corrected chi connectivity index (χ4v) is 3.67. The highest BCUT2D eigenvalue weighted by Crippen LogP contribution is 2.21. The van der Waals surface area contributed by atoms with Gasteiger partial charge >= 0.3 is 0 Å². The van der Waals surface area contributed by atoms with E-state index in [1.54, 1.807) is 11.1 Å². The van der Waals surface area contributed by atoms with E-state index in [2.05, 4.69) is 20.6 Å². The van der Waals surface area contributed by atoms with E-state index >= 15 is 0 Å². The highest BCUT2D eigenvalue weighted by Gasteiger charge is 2.36. The number of carbonyl (C=O) groups excluding carboxylic acids is 4. The van der Waals surface area contributed by atoms with Crippen LogP contribution in [0.2, 0.25) is 0 Å². The summed E-state index contributed by atoms with van der Waals surface area (Å²) in [7, 11) is 0. The molecule has 0 bridgehead atoms. The lowest BCUT2D eigenvalue weighted by atomic mass is 10.1. The third-order valence-electron chi connectivity index (χ3n) is 5.00. The number of nitrogens with one attached hydrogen (secondary N) is 3. The minimum Gasteiger partial charge on any atom is -0.370 e. The molecule has 10 nitrogen and oxygen atoms in total. The van der Waals surface area contributed by atoms with E-state index in [4.69, 9.17) is 5.73 Å². The zero-order valence-electron chi connectivity index (χ0n) is 14.9. The highest BCUT2D eigenvalue weighted by atomic mass is 16.2. The van der Waals surface area contributed by atoms with E-state index in [1.165, 1.54) is 6.33 Å².